The first-order valence-electron chi connectivity index (χ1n) is 7.27. The van der Waals surface area contributed by atoms with Crippen molar-refractivity contribution in [1.29, 1.82) is 0 Å². The molecule has 2 aromatic heterocycles. The van der Waals surface area contributed by atoms with Gasteiger partial charge in [0.2, 0.25) is 5.91 Å². The molecule has 7 heteroatoms. The second-order valence-corrected chi connectivity index (χ2v) is 6.40. The molecule has 2 aromatic rings. The SMILES string of the molecule is O=C1CCCN1C1Cc2cc3cc(Cl)cnc3n2CC1(F)F. The predicted molar refractivity (Wildman–Crippen MR) is 78.1 cm³/mol. The number of carbonyl (C=O) groups is 1. The topological polar surface area (TPSA) is 38.1 Å². The van der Waals surface area contributed by atoms with E-state index >= 15 is 0 Å². The number of halogens is 3. The Kier molecular flexibility index (Phi) is 2.95. The minimum atomic E-state index is -2.96. The van der Waals surface area contributed by atoms with Crippen LogP contribution in [0.15, 0.2) is 18.3 Å². The van der Waals surface area contributed by atoms with Gasteiger partial charge >= 0.3 is 0 Å². The van der Waals surface area contributed by atoms with Crippen LogP contribution >= 0.6 is 11.6 Å². The molecule has 0 N–H and O–H groups in total. The van der Waals surface area contributed by atoms with Gasteiger partial charge < -0.3 is 9.47 Å². The zero-order valence-electron chi connectivity index (χ0n) is 11.7. The summed E-state index contributed by atoms with van der Waals surface area (Å²) in [7, 11) is 0. The van der Waals surface area contributed by atoms with Gasteiger partial charge in [-0.15, -0.1) is 0 Å². The number of nitrogens with zero attached hydrogens (tertiary/aromatic N) is 3. The highest BCUT2D eigenvalue weighted by Gasteiger charge is 2.49. The van der Waals surface area contributed by atoms with E-state index in [0.29, 0.717) is 30.1 Å². The van der Waals surface area contributed by atoms with Crippen LogP contribution in [0.5, 0.6) is 0 Å². The largest absolute Gasteiger partial charge is 0.333 e. The number of amides is 1. The third kappa shape index (κ3) is 2.00. The Labute approximate surface area is 130 Å². The summed E-state index contributed by atoms with van der Waals surface area (Å²) in [4.78, 5) is 17.4. The molecule has 116 valence electrons. The third-order valence-corrected chi connectivity index (χ3v) is 4.74. The quantitative estimate of drug-likeness (QED) is 0.808. The van der Waals surface area contributed by atoms with E-state index in [1.54, 1.807) is 10.6 Å². The van der Waals surface area contributed by atoms with Crippen LogP contribution in [0.25, 0.3) is 11.0 Å². The number of aromatic nitrogens is 2. The highest BCUT2D eigenvalue weighted by atomic mass is 35.5. The van der Waals surface area contributed by atoms with Gasteiger partial charge in [0.15, 0.2) is 0 Å². The van der Waals surface area contributed by atoms with Gasteiger partial charge in [-0.1, -0.05) is 11.6 Å². The monoisotopic (exact) mass is 325 g/mol. The number of alkyl halides is 2. The summed E-state index contributed by atoms with van der Waals surface area (Å²) in [5.41, 5.74) is 1.30. The summed E-state index contributed by atoms with van der Waals surface area (Å²) >= 11 is 5.92. The van der Waals surface area contributed by atoms with Crippen molar-refractivity contribution < 1.29 is 13.6 Å². The fraction of sp³-hybridized carbons (Fsp3) is 0.467. The van der Waals surface area contributed by atoms with E-state index in [4.69, 9.17) is 11.6 Å². The molecular weight excluding hydrogens is 312 g/mol. The number of hydrogen-bond acceptors (Lipinski definition) is 2. The summed E-state index contributed by atoms with van der Waals surface area (Å²) in [6.07, 6.45) is 2.64. The number of hydrogen-bond donors (Lipinski definition) is 0. The van der Waals surface area contributed by atoms with Crippen molar-refractivity contribution in [3.8, 4) is 0 Å². The molecule has 22 heavy (non-hydrogen) atoms. The maximum absolute atomic E-state index is 14.6. The number of carbonyl (C=O) groups excluding carboxylic acids is 1. The van der Waals surface area contributed by atoms with Crippen LogP contribution in [0.2, 0.25) is 5.02 Å². The molecule has 4 nitrogen and oxygen atoms in total. The van der Waals surface area contributed by atoms with Gasteiger partial charge in [0, 0.05) is 36.7 Å². The van der Waals surface area contributed by atoms with Crippen LogP contribution in [0, 0.1) is 0 Å². The van der Waals surface area contributed by atoms with Gasteiger partial charge in [-0.25, -0.2) is 13.8 Å². The first kappa shape index (κ1) is 13.9. The molecule has 1 fully saturated rings. The van der Waals surface area contributed by atoms with Crippen molar-refractivity contribution in [1.82, 2.24) is 14.5 Å². The Morgan fingerprint density at radius 2 is 2.18 bits per heavy atom. The number of pyridine rings is 1. The van der Waals surface area contributed by atoms with Crippen molar-refractivity contribution >= 4 is 28.5 Å². The van der Waals surface area contributed by atoms with E-state index in [1.165, 1.54) is 11.1 Å². The van der Waals surface area contributed by atoms with E-state index in [1.807, 2.05) is 6.07 Å². The zero-order valence-corrected chi connectivity index (χ0v) is 12.5. The zero-order chi connectivity index (χ0) is 15.5. The lowest BCUT2D eigenvalue weighted by Gasteiger charge is -2.38. The van der Waals surface area contributed by atoms with E-state index in [2.05, 4.69) is 4.98 Å². The van der Waals surface area contributed by atoms with Crippen LogP contribution in [0.3, 0.4) is 0 Å². The molecule has 0 spiro atoms. The average molecular weight is 326 g/mol. The van der Waals surface area contributed by atoms with Crippen LogP contribution in [0.4, 0.5) is 8.78 Å². The molecule has 2 aliphatic rings. The molecular formula is C15H14ClF2N3O. The lowest BCUT2D eigenvalue weighted by molar-refractivity contribution is -0.144. The Morgan fingerprint density at radius 3 is 2.91 bits per heavy atom. The fourth-order valence-corrected chi connectivity index (χ4v) is 3.69. The molecule has 0 bridgehead atoms. The fourth-order valence-electron chi connectivity index (χ4n) is 3.52. The van der Waals surface area contributed by atoms with Crippen molar-refractivity contribution in [3.05, 3.63) is 29.0 Å². The lowest BCUT2D eigenvalue weighted by Crippen LogP contribution is -2.54. The average Bonchev–Trinajstić information content (AvgIpc) is 3.00. The second kappa shape index (κ2) is 4.65. The lowest BCUT2D eigenvalue weighted by atomic mass is 9.98. The Morgan fingerprint density at radius 1 is 1.36 bits per heavy atom. The van der Waals surface area contributed by atoms with E-state index in [9.17, 15) is 13.6 Å². The highest BCUT2D eigenvalue weighted by molar-refractivity contribution is 6.31. The molecule has 0 aromatic carbocycles. The molecule has 0 aliphatic carbocycles. The molecule has 0 saturated carbocycles. The van der Waals surface area contributed by atoms with Gasteiger partial charge in [-0.3, -0.25) is 4.79 Å². The van der Waals surface area contributed by atoms with Crippen molar-refractivity contribution in [2.45, 2.75) is 37.8 Å². The van der Waals surface area contributed by atoms with Crippen LogP contribution < -0.4 is 0 Å². The molecule has 4 rings (SSSR count). The number of rotatable bonds is 1. The normalized spacial score (nSPS) is 24.0. The summed E-state index contributed by atoms with van der Waals surface area (Å²) in [6.45, 7) is -0.0295. The first-order chi connectivity index (χ1) is 10.5. The molecule has 1 atom stereocenters. The predicted octanol–water partition coefficient (Wildman–Crippen LogP) is 2.87. The van der Waals surface area contributed by atoms with E-state index in [0.717, 1.165) is 11.1 Å². The molecule has 1 saturated heterocycles. The Balaban J connectivity index is 1.78. The van der Waals surface area contributed by atoms with Crippen LogP contribution in [-0.4, -0.2) is 38.9 Å². The van der Waals surface area contributed by atoms with Gasteiger partial charge in [-0.2, -0.15) is 0 Å². The molecule has 1 unspecified atom stereocenters. The molecule has 1 amide bonds. The Bertz CT molecular complexity index is 773. The van der Waals surface area contributed by atoms with Gasteiger partial charge in [0.25, 0.3) is 5.92 Å². The molecule has 0 radical (unpaired) electrons. The maximum atomic E-state index is 14.6. The second-order valence-electron chi connectivity index (χ2n) is 5.96. The minimum absolute atomic E-state index is 0.146. The maximum Gasteiger partial charge on any atom is 0.285 e. The summed E-state index contributed by atoms with van der Waals surface area (Å²) in [5.74, 6) is -3.13. The molecule has 2 aliphatic heterocycles. The van der Waals surface area contributed by atoms with Gasteiger partial charge in [0.1, 0.15) is 11.7 Å². The summed E-state index contributed by atoms with van der Waals surface area (Å²) < 4.78 is 30.7. The third-order valence-electron chi connectivity index (χ3n) is 4.53. The van der Waals surface area contributed by atoms with Crippen LogP contribution in [-0.2, 0) is 17.8 Å². The van der Waals surface area contributed by atoms with Crippen LogP contribution in [0.1, 0.15) is 18.5 Å². The molecule has 4 heterocycles. The summed E-state index contributed by atoms with van der Waals surface area (Å²) in [5, 5.41) is 1.24. The van der Waals surface area contributed by atoms with Gasteiger partial charge in [-0.05, 0) is 18.6 Å². The van der Waals surface area contributed by atoms with E-state index < -0.39 is 18.5 Å². The van der Waals surface area contributed by atoms with Crippen molar-refractivity contribution in [2.75, 3.05) is 6.54 Å². The van der Waals surface area contributed by atoms with Gasteiger partial charge in [0.05, 0.1) is 11.6 Å². The summed E-state index contributed by atoms with van der Waals surface area (Å²) in [6, 6.07) is 2.51. The Hall–Kier alpha value is -1.69. The van der Waals surface area contributed by atoms with Crippen molar-refractivity contribution in [2.24, 2.45) is 0 Å². The highest BCUT2D eigenvalue weighted by Crippen LogP contribution is 2.37. The first-order valence-corrected chi connectivity index (χ1v) is 7.64. The van der Waals surface area contributed by atoms with E-state index in [-0.39, 0.29) is 12.3 Å². The smallest absolute Gasteiger partial charge is 0.285 e. The number of likely N-dealkylation sites (tertiary alicyclic amines) is 1. The minimum Gasteiger partial charge on any atom is -0.333 e. The number of fused-ring (bicyclic) bond motifs is 3. The van der Waals surface area contributed by atoms with Crippen molar-refractivity contribution in [3.63, 3.8) is 0 Å². The standard InChI is InChI=1S/C15H14ClF2N3O/c16-10-4-9-5-11-6-12(20-3-1-2-13(20)22)15(17,18)8-21(11)14(9)19-7-10/h4-5,7,12H,1-3,6,8H2.